The van der Waals surface area contributed by atoms with Crippen LogP contribution in [0.1, 0.15) is 226 Å². The van der Waals surface area contributed by atoms with Crippen LogP contribution in [0, 0.1) is 0 Å². The van der Waals surface area contributed by atoms with E-state index in [1.165, 1.54) is 77.0 Å². The van der Waals surface area contributed by atoms with Crippen molar-refractivity contribution in [2.45, 2.75) is 232 Å². The summed E-state index contributed by atoms with van der Waals surface area (Å²) < 4.78 is 16.5. The van der Waals surface area contributed by atoms with E-state index >= 15 is 0 Å². The van der Waals surface area contributed by atoms with Gasteiger partial charge in [0, 0.05) is 12.8 Å². The van der Waals surface area contributed by atoms with Crippen molar-refractivity contribution in [3.63, 3.8) is 0 Å². The maximum Gasteiger partial charge on any atom is 0.310 e. The average molecular weight is 901 g/mol. The Balaban J connectivity index is 4.14. The van der Waals surface area contributed by atoms with E-state index in [9.17, 15) is 14.4 Å². The molecule has 0 aliphatic rings. The molecule has 0 heterocycles. The molecule has 0 aromatic heterocycles. The highest BCUT2D eigenvalue weighted by atomic mass is 16.6. The van der Waals surface area contributed by atoms with E-state index in [4.69, 9.17) is 14.2 Å². The normalized spacial score (nSPS) is 13.0. The summed E-state index contributed by atoms with van der Waals surface area (Å²) in [5.41, 5.74) is 0. The summed E-state index contributed by atoms with van der Waals surface area (Å²) in [7, 11) is 0. The van der Waals surface area contributed by atoms with Crippen molar-refractivity contribution < 1.29 is 28.6 Å². The fourth-order valence-corrected chi connectivity index (χ4v) is 6.92. The number of hydrogen-bond acceptors (Lipinski definition) is 6. The highest BCUT2D eigenvalue weighted by molar-refractivity contribution is 5.72. The third-order valence-corrected chi connectivity index (χ3v) is 10.8. The third-order valence-electron chi connectivity index (χ3n) is 10.8. The van der Waals surface area contributed by atoms with Crippen molar-refractivity contribution in [3.05, 3.63) is 109 Å². The van der Waals surface area contributed by atoms with Gasteiger partial charge in [0.05, 0.1) is 6.42 Å². The molecule has 0 radical (unpaired) electrons. The third kappa shape index (κ3) is 50.9. The second-order valence-electron chi connectivity index (χ2n) is 17.0. The smallest absolute Gasteiger partial charge is 0.310 e. The van der Waals surface area contributed by atoms with E-state index in [2.05, 4.69) is 118 Å². The van der Waals surface area contributed by atoms with Gasteiger partial charge in [-0.15, -0.1) is 0 Å². The van der Waals surface area contributed by atoms with E-state index in [1.807, 2.05) is 6.08 Å². The van der Waals surface area contributed by atoms with Crippen LogP contribution in [-0.4, -0.2) is 37.2 Å². The van der Waals surface area contributed by atoms with Crippen LogP contribution in [0.3, 0.4) is 0 Å². The standard InChI is InChI=1S/C59H96O6/c1-4-7-10-13-15-17-19-21-23-24-25-26-27-28-29-30-31-32-33-34-36-37-39-41-43-46-49-52-58(61)64-55-56(54-63-57(60)51-48-45-12-9-6-3)65-59(62)53-50-47-44-42-40-38-35-22-20-18-16-14-11-8-5-2/h7-8,10-11,15-18,21-23,25-26,35,40,42,47,50,56H,4-6,9,12-14,19-20,24,27-34,36-39,41,43-46,48-49,51-55H2,1-3H3/b10-7-,11-8-,17-15-,18-16-,23-21-,26-25-,35-22-,42-40-,50-47-. The number of esters is 3. The molecule has 0 amide bonds. The number of allylic oxidation sites excluding steroid dienone is 17. The Labute approximate surface area is 400 Å². The van der Waals surface area contributed by atoms with Gasteiger partial charge >= 0.3 is 17.9 Å². The van der Waals surface area contributed by atoms with Gasteiger partial charge in [0.2, 0.25) is 0 Å². The molecular weight excluding hydrogens is 805 g/mol. The van der Waals surface area contributed by atoms with Gasteiger partial charge in [-0.1, -0.05) is 233 Å². The highest BCUT2D eigenvalue weighted by Gasteiger charge is 2.19. The van der Waals surface area contributed by atoms with Crippen LogP contribution in [0.15, 0.2) is 109 Å². The van der Waals surface area contributed by atoms with Gasteiger partial charge in [0.25, 0.3) is 0 Å². The SMILES string of the molecule is CC/C=C\C/C=C\C/C=C\C/C=C\C/C=C\CC(=O)OC(COC(=O)CCCCCCC)COC(=O)CCCCCCCCCCCCCCCC/C=C\C/C=C\C/C=C\C/C=C\CC. The molecule has 0 aromatic rings. The van der Waals surface area contributed by atoms with Crippen molar-refractivity contribution in [1.82, 2.24) is 0 Å². The summed E-state index contributed by atoms with van der Waals surface area (Å²) in [6.45, 7) is 6.23. The molecule has 0 saturated heterocycles. The maximum atomic E-state index is 12.7. The second kappa shape index (κ2) is 52.7. The van der Waals surface area contributed by atoms with Crippen molar-refractivity contribution in [2.24, 2.45) is 0 Å². The fraction of sp³-hybridized carbons (Fsp3) is 0.644. The molecule has 368 valence electrons. The van der Waals surface area contributed by atoms with Gasteiger partial charge in [0.15, 0.2) is 6.10 Å². The molecule has 0 aliphatic carbocycles. The van der Waals surface area contributed by atoms with Crippen LogP contribution in [0.2, 0.25) is 0 Å². The van der Waals surface area contributed by atoms with Crippen molar-refractivity contribution in [2.75, 3.05) is 13.2 Å². The van der Waals surface area contributed by atoms with Crippen molar-refractivity contribution in [1.29, 1.82) is 0 Å². The monoisotopic (exact) mass is 901 g/mol. The van der Waals surface area contributed by atoms with Gasteiger partial charge < -0.3 is 14.2 Å². The Morgan fingerprint density at radius 2 is 0.646 bits per heavy atom. The molecule has 0 fully saturated rings. The Morgan fingerprint density at radius 1 is 0.338 bits per heavy atom. The zero-order valence-electron chi connectivity index (χ0n) is 42.0. The number of carbonyl (C=O) groups is 3. The van der Waals surface area contributed by atoms with Crippen LogP contribution in [-0.2, 0) is 28.6 Å². The van der Waals surface area contributed by atoms with E-state index < -0.39 is 12.1 Å². The summed E-state index contributed by atoms with van der Waals surface area (Å²) in [6.07, 6.45) is 71.5. The topological polar surface area (TPSA) is 78.9 Å². The lowest BCUT2D eigenvalue weighted by atomic mass is 10.0. The number of ether oxygens (including phenoxy) is 3. The van der Waals surface area contributed by atoms with Gasteiger partial charge in [-0.3, -0.25) is 14.4 Å². The summed E-state index contributed by atoms with van der Waals surface area (Å²) in [4.78, 5) is 37.6. The molecule has 0 bridgehead atoms. The first-order valence-electron chi connectivity index (χ1n) is 26.4. The maximum absolute atomic E-state index is 12.7. The largest absolute Gasteiger partial charge is 0.462 e. The fourth-order valence-electron chi connectivity index (χ4n) is 6.92. The minimum absolute atomic E-state index is 0.0952. The minimum atomic E-state index is -0.828. The van der Waals surface area contributed by atoms with Crippen molar-refractivity contribution in [3.8, 4) is 0 Å². The Bertz CT molecular complexity index is 1360. The van der Waals surface area contributed by atoms with Crippen LogP contribution in [0.25, 0.3) is 0 Å². The average Bonchev–Trinajstić information content (AvgIpc) is 3.30. The molecule has 65 heavy (non-hydrogen) atoms. The highest BCUT2D eigenvalue weighted by Crippen LogP contribution is 2.15. The molecule has 1 atom stereocenters. The quantitative estimate of drug-likeness (QED) is 0.0262. The zero-order valence-corrected chi connectivity index (χ0v) is 42.0. The summed E-state index contributed by atoms with van der Waals surface area (Å²) in [6, 6.07) is 0. The molecule has 0 aromatic carbocycles. The Morgan fingerprint density at radius 3 is 1.02 bits per heavy atom. The van der Waals surface area contributed by atoms with Gasteiger partial charge in [-0.2, -0.15) is 0 Å². The predicted molar refractivity (Wildman–Crippen MR) is 279 cm³/mol. The van der Waals surface area contributed by atoms with Crippen LogP contribution in [0.4, 0.5) is 0 Å². The first kappa shape index (κ1) is 61.1. The lowest BCUT2D eigenvalue weighted by molar-refractivity contribution is -0.166. The molecular formula is C59H96O6. The number of carbonyl (C=O) groups excluding carboxylic acids is 3. The molecule has 0 aliphatic heterocycles. The molecule has 6 heteroatoms. The van der Waals surface area contributed by atoms with Gasteiger partial charge in [-0.05, 0) is 83.5 Å². The van der Waals surface area contributed by atoms with Crippen LogP contribution >= 0.6 is 0 Å². The molecule has 0 saturated carbocycles. The Hall–Kier alpha value is -3.93. The molecule has 0 spiro atoms. The van der Waals surface area contributed by atoms with Gasteiger partial charge in [-0.25, -0.2) is 0 Å². The van der Waals surface area contributed by atoms with E-state index in [0.29, 0.717) is 12.8 Å². The number of rotatable bonds is 46. The minimum Gasteiger partial charge on any atom is -0.462 e. The second-order valence-corrected chi connectivity index (χ2v) is 17.0. The number of hydrogen-bond donors (Lipinski definition) is 0. The van der Waals surface area contributed by atoms with Crippen molar-refractivity contribution >= 4 is 17.9 Å². The van der Waals surface area contributed by atoms with E-state index in [-0.39, 0.29) is 31.6 Å². The summed E-state index contributed by atoms with van der Waals surface area (Å²) >= 11 is 0. The molecule has 0 N–H and O–H groups in total. The Kier molecular flexibility index (Phi) is 49.5. The number of unbranched alkanes of at least 4 members (excludes halogenated alkanes) is 18. The molecule has 6 nitrogen and oxygen atoms in total. The molecule has 1 unspecified atom stereocenters. The zero-order chi connectivity index (χ0) is 47.2. The summed E-state index contributed by atoms with van der Waals surface area (Å²) in [5.74, 6) is -1.07. The first-order valence-corrected chi connectivity index (χ1v) is 26.4. The van der Waals surface area contributed by atoms with E-state index in [0.717, 1.165) is 109 Å². The lowest BCUT2D eigenvalue weighted by Gasteiger charge is -2.18. The molecule has 0 rings (SSSR count). The lowest BCUT2D eigenvalue weighted by Crippen LogP contribution is -2.30. The first-order chi connectivity index (χ1) is 32.0. The predicted octanol–water partition coefficient (Wildman–Crippen LogP) is 17.5. The summed E-state index contributed by atoms with van der Waals surface area (Å²) in [5, 5.41) is 0. The van der Waals surface area contributed by atoms with Gasteiger partial charge in [0.1, 0.15) is 13.2 Å². The van der Waals surface area contributed by atoms with Crippen LogP contribution < -0.4 is 0 Å². The van der Waals surface area contributed by atoms with E-state index in [1.54, 1.807) is 6.08 Å². The van der Waals surface area contributed by atoms with Crippen LogP contribution in [0.5, 0.6) is 0 Å².